The first kappa shape index (κ1) is 19.3. The van der Waals surface area contributed by atoms with Crippen LogP contribution in [0.4, 0.5) is 5.95 Å². The molecule has 2 aliphatic rings. The molecule has 0 amide bonds. The van der Waals surface area contributed by atoms with Crippen molar-refractivity contribution < 1.29 is 4.79 Å². The number of ketones is 1. The van der Waals surface area contributed by atoms with Gasteiger partial charge in [-0.3, -0.25) is 4.79 Å². The molecule has 0 saturated carbocycles. The van der Waals surface area contributed by atoms with E-state index in [0.717, 1.165) is 23.3 Å². The van der Waals surface area contributed by atoms with Crippen molar-refractivity contribution in [1.29, 1.82) is 0 Å². The fourth-order valence-electron chi connectivity index (χ4n) is 4.34. The highest BCUT2D eigenvalue weighted by atomic mass is 35.5. The number of hydrogen-bond acceptors (Lipinski definition) is 4. The number of rotatable bonds is 2. The molecule has 0 saturated heterocycles. The molecule has 0 spiro atoms. The summed E-state index contributed by atoms with van der Waals surface area (Å²) in [5.41, 5.74) is 3.29. The second kappa shape index (κ2) is 6.96. The number of aromatic nitrogens is 3. The smallest absolute Gasteiger partial charge is 0.226 e. The number of allylic oxidation sites excluding steroid dienone is 2. The number of anilines is 1. The molecule has 1 aliphatic heterocycles. The SMILES string of the molecule is CC1(C)CC(=O)C2=C(C1)Nc1nc(-c3ccc(Cl)cc3Cl)nn1C2c1ccccc1. The van der Waals surface area contributed by atoms with E-state index >= 15 is 0 Å². The average molecular weight is 439 g/mol. The second-order valence-corrected chi connectivity index (χ2v) is 9.44. The van der Waals surface area contributed by atoms with Crippen molar-refractivity contribution in [1.82, 2.24) is 14.8 Å². The maximum atomic E-state index is 13.2. The van der Waals surface area contributed by atoms with Gasteiger partial charge in [0, 0.05) is 28.3 Å². The number of carbonyl (C=O) groups is 1. The van der Waals surface area contributed by atoms with Crippen LogP contribution in [0.3, 0.4) is 0 Å². The first-order valence-electron chi connectivity index (χ1n) is 9.82. The van der Waals surface area contributed by atoms with Gasteiger partial charge >= 0.3 is 0 Å². The van der Waals surface area contributed by atoms with Gasteiger partial charge in [-0.1, -0.05) is 67.4 Å². The van der Waals surface area contributed by atoms with Crippen molar-refractivity contribution in [3.63, 3.8) is 0 Å². The molecule has 30 heavy (non-hydrogen) atoms. The van der Waals surface area contributed by atoms with E-state index < -0.39 is 0 Å². The Morgan fingerprint density at radius 1 is 1.10 bits per heavy atom. The molecule has 0 bridgehead atoms. The van der Waals surface area contributed by atoms with Crippen molar-refractivity contribution in [3.05, 3.63) is 75.4 Å². The molecule has 152 valence electrons. The monoisotopic (exact) mass is 438 g/mol. The third-order valence-corrected chi connectivity index (χ3v) is 6.17. The molecule has 0 radical (unpaired) electrons. The lowest BCUT2D eigenvalue weighted by atomic mass is 9.73. The highest BCUT2D eigenvalue weighted by molar-refractivity contribution is 6.36. The Bertz CT molecular complexity index is 1200. The topological polar surface area (TPSA) is 59.8 Å². The summed E-state index contributed by atoms with van der Waals surface area (Å²) in [6, 6.07) is 14.9. The summed E-state index contributed by atoms with van der Waals surface area (Å²) < 4.78 is 1.80. The van der Waals surface area contributed by atoms with Crippen LogP contribution >= 0.6 is 23.2 Å². The van der Waals surface area contributed by atoms with Gasteiger partial charge in [-0.2, -0.15) is 4.98 Å². The number of halogens is 2. The van der Waals surface area contributed by atoms with Gasteiger partial charge in [0.05, 0.1) is 5.02 Å². The molecule has 3 aromatic rings. The van der Waals surface area contributed by atoms with Crippen LogP contribution in [0.2, 0.25) is 10.0 Å². The van der Waals surface area contributed by atoms with Crippen molar-refractivity contribution in [2.24, 2.45) is 5.41 Å². The predicted octanol–water partition coefficient (Wildman–Crippen LogP) is 5.91. The number of Topliss-reactive ketones (excluding diaryl/α,β-unsaturated/α-hetero) is 1. The van der Waals surface area contributed by atoms with Crippen molar-refractivity contribution in [3.8, 4) is 11.4 Å². The lowest BCUT2D eigenvalue weighted by molar-refractivity contribution is -0.118. The molecule has 1 N–H and O–H groups in total. The molecule has 2 heterocycles. The van der Waals surface area contributed by atoms with Gasteiger partial charge in [-0.05, 0) is 35.6 Å². The van der Waals surface area contributed by atoms with Crippen LogP contribution in [-0.2, 0) is 4.79 Å². The molecule has 1 aromatic heterocycles. The Balaban J connectivity index is 1.68. The number of carbonyl (C=O) groups excluding carboxylic acids is 1. The minimum absolute atomic E-state index is 0.103. The third kappa shape index (κ3) is 3.22. The molecule has 1 aliphatic carbocycles. The van der Waals surface area contributed by atoms with E-state index in [4.69, 9.17) is 33.3 Å². The molecular formula is C23H20Cl2N4O. The highest BCUT2D eigenvalue weighted by Crippen LogP contribution is 2.45. The van der Waals surface area contributed by atoms with E-state index in [0.29, 0.717) is 33.8 Å². The summed E-state index contributed by atoms with van der Waals surface area (Å²) in [5.74, 6) is 1.25. The van der Waals surface area contributed by atoms with Crippen LogP contribution in [0, 0.1) is 5.41 Å². The van der Waals surface area contributed by atoms with Crippen LogP contribution < -0.4 is 5.32 Å². The minimum Gasteiger partial charge on any atom is -0.328 e. The zero-order valence-corrected chi connectivity index (χ0v) is 18.1. The standard InChI is InChI=1S/C23H20Cl2N4O/c1-23(2)11-17-19(18(30)12-23)20(13-6-4-3-5-7-13)29-22(26-17)27-21(28-29)15-9-8-14(24)10-16(15)25/h3-10,20H,11-12H2,1-2H3,(H,26,27,28). The lowest BCUT2D eigenvalue weighted by Gasteiger charge is -2.38. The van der Waals surface area contributed by atoms with Crippen LogP contribution in [0.25, 0.3) is 11.4 Å². The van der Waals surface area contributed by atoms with Crippen LogP contribution in [0.5, 0.6) is 0 Å². The molecule has 5 nitrogen and oxygen atoms in total. The second-order valence-electron chi connectivity index (χ2n) is 8.60. The van der Waals surface area contributed by atoms with Crippen LogP contribution in [0.15, 0.2) is 59.8 Å². The Hall–Kier alpha value is -2.63. The number of nitrogens with one attached hydrogen (secondary N) is 1. The molecule has 1 atom stereocenters. The van der Waals surface area contributed by atoms with Gasteiger partial charge in [0.15, 0.2) is 11.6 Å². The number of hydrogen-bond donors (Lipinski definition) is 1. The Morgan fingerprint density at radius 3 is 2.60 bits per heavy atom. The molecule has 0 fully saturated rings. The number of nitrogens with zero attached hydrogens (tertiary/aromatic N) is 3. The Kier molecular flexibility index (Phi) is 4.49. The maximum absolute atomic E-state index is 13.2. The van der Waals surface area contributed by atoms with Crippen molar-refractivity contribution in [2.75, 3.05) is 5.32 Å². The summed E-state index contributed by atoms with van der Waals surface area (Å²) in [5, 5.41) is 9.18. The zero-order valence-electron chi connectivity index (χ0n) is 16.6. The average Bonchev–Trinajstić information content (AvgIpc) is 3.09. The van der Waals surface area contributed by atoms with Gasteiger partial charge in [0.2, 0.25) is 5.95 Å². The van der Waals surface area contributed by atoms with Gasteiger partial charge in [-0.15, -0.1) is 5.10 Å². The van der Waals surface area contributed by atoms with Gasteiger partial charge in [0.1, 0.15) is 6.04 Å². The van der Waals surface area contributed by atoms with Gasteiger partial charge in [-0.25, -0.2) is 4.68 Å². The molecular weight excluding hydrogens is 419 g/mol. The lowest BCUT2D eigenvalue weighted by Crippen LogP contribution is -2.36. The first-order valence-corrected chi connectivity index (χ1v) is 10.6. The van der Waals surface area contributed by atoms with E-state index in [2.05, 4.69) is 19.2 Å². The summed E-state index contributed by atoms with van der Waals surface area (Å²) in [4.78, 5) is 17.9. The highest BCUT2D eigenvalue weighted by Gasteiger charge is 2.41. The molecule has 2 aromatic carbocycles. The first-order chi connectivity index (χ1) is 14.3. The summed E-state index contributed by atoms with van der Waals surface area (Å²) in [6.07, 6.45) is 1.29. The predicted molar refractivity (Wildman–Crippen MR) is 119 cm³/mol. The molecule has 1 unspecified atom stereocenters. The van der Waals surface area contributed by atoms with Crippen molar-refractivity contribution >= 4 is 34.9 Å². The fourth-order valence-corrected chi connectivity index (χ4v) is 4.83. The number of benzene rings is 2. The van der Waals surface area contributed by atoms with Crippen molar-refractivity contribution in [2.45, 2.75) is 32.7 Å². The Morgan fingerprint density at radius 2 is 1.87 bits per heavy atom. The van der Waals surface area contributed by atoms with E-state index in [9.17, 15) is 4.79 Å². The third-order valence-electron chi connectivity index (χ3n) is 5.62. The fraction of sp³-hybridized carbons (Fsp3) is 0.261. The van der Waals surface area contributed by atoms with E-state index in [-0.39, 0.29) is 17.2 Å². The quantitative estimate of drug-likeness (QED) is 0.539. The van der Waals surface area contributed by atoms with Crippen LogP contribution in [0.1, 0.15) is 38.3 Å². The minimum atomic E-state index is -0.326. The summed E-state index contributed by atoms with van der Waals surface area (Å²) in [6.45, 7) is 4.23. The molecule has 7 heteroatoms. The van der Waals surface area contributed by atoms with Gasteiger partial charge in [0.25, 0.3) is 0 Å². The van der Waals surface area contributed by atoms with Gasteiger partial charge < -0.3 is 5.32 Å². The number of fused-ring (bicyclic) bond motifs is 1. The van der Waals surface area contributed by atoms with Crippen LogP contribution in [-0.4, -0.2) is 20.5 Å². The zero-order chi connectivity index (χ0) is 21.0. The maximum Gasteiger partial charge on any atom is 0.226 e. The Labute approximate surface area is 184 Å². The van der Waals surface area contributed by atoms with E-state index in [1.807, 2.05) is 36.4 Å². The normalized spacial score (nSPS) is 19.9. The van der Waals surface area contributed by atoms with E-state index in [1.165, 1.54) is 0 Å². The summed E-state index contributed by atoms with van der Waals surface area (Å²) >= 11 is 12.5. The molecule has 5 rings (SSSR count). The summed E-state index contributed by atoms with van der Waals surface area (Å²) in [7, 11) is 0. The largest absolute Gasteiger partial charge is 0.328 e. The van der Waals surface area contributed by atoms with E-state index in [1.54, 1.807) is 16.8 Å².